The van der Waals surface area contributed by atoms with Crippen molar-refractivity contribution < 1.29 is 23.9 Å². The smallest absolute Gasteiger partial charge is 0.307 e. The molecule has 2 unspecified atom stereocenters. The fourth-order valence-electron chi connectivity index (χ4n) is 3.93. The second kappa shape index (κ2) is 9.20. The van der Waals surface area contributed by atoms with E-state index in [-0.39, 0.29) is 40.7 Å². The minimum Gasteiger partial charge on any atom is -0.453 e. The van der Waals surface area contributed by atoms with Crippen LogP contribution in [-0.2, 0) is 14.3 Å². The van der Waals surface area contributed by atoms with Gasteiger partial charge in [0, 0.05) is 16.7 Å². The summed E-state index contributed by atoms with van der Waals surface area (Å²) in [7, 11) is 0. The second-order valence-electron chi connectivity index (χ2n) is 8.07. The number of esters is 1. The summed E-state index contributed by atoms with van der Waals surface area (Å²) in [6.45, 7) is 3.39. The zero-order valence-corrected chi connectivity index (χ0v) is 18.3. The fraction of sp³-hybridized carbons (Fsp3) is 0.185. The van der Waals surface area contributed by atoms with E-state index in [2.05, 4.69) is 5.32 Å². The Morgan fingerprint density at radius 2 is 1.39 bits per heavy atom. The van der Waals surface area contributed by atoms with Gasteiger partial charge >= 0.3 is 5.97 Å². The van der Waals surface area contributed by atoms with E-state index in [4.69, 9.17) is 4.74 Å². The predicted octanol–water partition coefficient (Wildman–Crippen LogP) is 4.53. The number of ether oxygens (including phenoxy) is 1. The molecule has 166 valence electrons. The Hall–Kier alpha value is -4.06. The van der Waals surface area contributed by atoms with Crippen LogP contribution in [0.25, 0.3) is 0 Å². The van der Waals surface area contributed by atoms with E-state index in [9.17, 15) is 19.2 Å². The first-order valence-corrected chi connectivity index (χ1v) is 10.7. The molecule has 1 amide bonds. The van der Waals surface area contributed by atoms with Crippen molar-refractivity contribution in [3.8, 4) is 0 Å². The number of ketones is 2. The number of amides is 1. The summed E-state index contributed by atoms with van der Waals surface area (Å²) >= 11 is 0. The fourth-order valence-corrected chi connectivity index (χ4v) is 3.93. The van der Waals surface area contributed by atoms with E-state index in [1.807, 2.05) is 37.3 Å². The van der Waals surface area contributed by atoms with Gasteiger partial charge in [0.2, 0.25) is 0 Å². The number of rotatable bonds is 6. The molecule has 0 saturated carbocycles. The van der Waals surface area contributed by atoms with E-state index >= 15 is 0 Å². The molecule has 3 aromatic carbocycles. The van der Waals surface area contributed by atoms with Crippen molar-refractivity contribution >= 4 is 29.1 Å². The maximum absolute atomic E-state index is 13.1. The molecule has 0 saturated heterocycles. The highest BCUT2D eigenvalue weighted by molar-refractivity contribution is 6.30. The van der Waals surface area contributed by atoms with Gasteiger partial charge in [-0.3, -0.25) is 19.2 Å². The number of hydrogen-bond donors (Lipinski definition) is 1. The van der Waals surface area contributed by atoms with Crippen molar-refractivity contribution in [2.45, 2.75) is 32.3 Å². The van der Waals surface area contributed by atoms with Gasteiger partial charge in [0.25, 0.3) is 5.91 Å². The van der Waals surface area contributed by atoms with Crippen molar-refractivity contribution in [2.75, 3.05) is 5.32 Å². The van der Waals surface area contributed by atoms with Gasteiger partial charge in [-0.2, -0.15) is 0 Å². The molecule has 6 heteroatoms. The lowest BCUT2D eigenvalue weighted by atomic mass is 9.83. The Labute approximate surface area is 191 Å². The molecule has 4 rings (SSSR count). The lowest BCUT2D eigenvalue weighted by Crippen LogP contribution is -2.31. The van der Waals surface area contributed by atoms with Gasteiger partial charge in [-0.15, -0.1) is 0 Å². The Morgan fingerprint density at radius 3 is 2.09 bits per heavy atom. The zero-order valence-electron chi connectivity index (χ0n) is 18.3. The number of anilines is 1. The summed E-state index contributed by atoms with van der Waals surface area (Å²) < 4.78 is 5.32. The molecule has 33 heavy (non-hydrogen) atoms. The molecule has 0 spiro atoms. The van der Waals surface area contributed by atoms with Gasteiger partial charge in [-0.05, 0) is 24.5 Å². The lowest BCUT2D eigenvalue weighted by molar-refractivity contribution is -0.153. The number of hydrogen-bond acceptors (Lipinski definition) is 5. The highest BCUT2D eigenvalue weighted by Crippen LogP contribution is 2.32. The second-order valence-corrected chi connectivity index (χ2v) is 8.07. The number of benzene rings is 3. The van der Waals surface area contributed by atoms with Crippen molar-refractivity contribution in [1.29, 1.82) is 0 Å². The molecule has 0 aromatic heterocycles. The molecule has 2 atom stereocenters. The Bertz CT molecular complexity index is 1250. The maximum atomic E-state index is 13.1. The highest BCUT2D eigenvalue weighted by Gasteiger charge is 2.32. The number of fused-ring (bicyclic) bond motifs is 2. The predicted molar refractivity (Wildman–Crippen MR) is 123 cm³/mol. The van der Waals surface area contributed by atoms with Gasteiger partial charge in [-0.25, -0.2) is 0 Å². The van der Waals surface area contributed by atoms with Crippen LogP contribution in [0.2, 0.25) is 0 Å². The molecule has 1 N–H and O–H groups in total. The molecule has 0 bridgehead atoms. The summed E-state index contributed by atoms with van der Waals surface area (Å²) in [5.41, 5.74) is 2.24. The standard InChI is InChI=1S/C27H23NO5/c1-16(18-9-4-3-5-10-18)15-23(29)33-17(2)27(32)28-22-14-8-13-21-24(22)26(31)20-12-7-6-11-19(20)25(21)30/h3-14,16-17H,15H2,1-2H3,(H,28,32). The van der Waals surface area contributed by atoms with Crippen LogP contribution in [0.4, 0.5) is 5.69 Å². The minimum atomic E-state index is -1.07. The first-order valence-electron chi connectivity index (χ1n) is 10.7. The highest BCUT2D eigenvalue weighted by atomic mass is 16.5. The van der Waals surface area contributed by atoms with Crippen molar-refractivity contribution in [2.24, 2.45) is 0 Å². The monoisotopic (exact) mass is 441 g/mol. The van der Waals surface area contributed by atoms with E-state index in [1.54, 1.807) is 42.5 Å². The third-order valence-corrected chi connectivity index (χ3v) is 5.73. The maximum Gasteiger partial charge on any atom is 0.307 e. The molecule has 0 radical (unpaired) electrons. The van der Waals surface area contributed by atoms with Gasteiger partial charge in [0.1, 0.15) is 0 Å². The molecular formula is C27H23NO5. The molecule has 0 heterocycles. The third-order valence-electron chi connectivity index (χ3n) is 5.73. The van der Waals surface area contributed by atoms with E-state index in [0.717, 1.165) is 5.56 Å². The van der Waals surface area contributed by atoms with Crippen LogP contribution in [0.3, 0.4) is 0 Å². The molecular weight excluding hydrogens is 418 g/mol. The van der Waals surface area contributed by atoms with Gasteiger partial charge < -0.3 is 10.1 Å². The normalized spacial score (nSPS) is 14.0. The average Bonchev–Trinajstić information content (AvgIpc) is 2.82. The Kier molecular flexibility index (Phi) is 6.18. The zero-order chi connectivity index (χ0) is 23.5. The third kappa shape index (κ3) is 4.46. The Morgan fingerprint density at radius 1 is 0.788 bits per heavy atom. The molecule has 3 aromatic rings. The average molecular weight is 441 g/mol. The quantitative estimate of drug-likeness (QED) is 0.444. The number of carbonyl (C=O) groups is 4. The SMILES string of the molecule is CC(OC(=O)CC(C)c1ccccc1)C(=O)Nc1cccc2c1C(=O)c1ccccc1C2=O. The van der Waals surface area contributed by atoms with Crippen molar-refractivity contribution in [3.63, 3.8) is 0 Å². The van der Waals surface area contributed by atoms with Crippen LogP contribution in [0.15, 0.2) is 72.8 Å². The van der Waals surface area contributed by atoms with E-state index < -0.39 is 18.0 Å². The Balaban J connectivity index is 1.46. The number of nitrogens with one attached hydrogen (secondary N) is 1. The summed E-state index contributed by atoms with van der Waals surface area (Å²) in [5, 5.41) is 2.65. The molecule has 6 nitrogen and oxygen atoms in total. The van der Waals surface area contributed by atoms with Crippen molar-refractivity contribution in [1.82, 2.24) is 0 Å². The first-order chi connectivity index (χ1) is 15.9. The van der Waals surface area contributed by atoms with E-state index in [1.165, 1.54) is 6.92 Å². The van der Waals surface area contributed by atoms with Gasteiger partial charge in [0.15, 0.2) is 17.7 Å². The lowest BCUT2D eigenvalue weighted by Gasteiger charge is -2.21. The molecule has 1 aliphatic carbocycles. The summed E-state index contributed by atoms with van der Waals surface area (Å²) in [6, 6.07) is 20.9. The summed E-state index contributed by atoms with van der Waals surface area (Å²) in [4.78, 5) is 51.0. The van der Waals surface area contributed by atoms with Crippen molar-refractivity contribution in [3.05, 3.63) is 101 Å². The van der Waals surface area contributed by atoms with Crippen LogP contribution in [0.5, 0.6) is 0 Å². The largest absolute Gasteiger partial charge is 0.453 e. The van der Waals surface area contributed by atoms with Crippen LogP contribution in [0, 0.1) is 0 Å². The first kappa shape index (κ1) is 22.1. The molecule has 0 aliphatic heterocycles. The van der Waals surface area contributed by atoms with Crippen LogP contribution in [-0.4, -0.2) is 29.5 Å². The van der Waals surface area contributed by atoms with Gasteiger partial charge in [-0.1, -0.05) is 73.7 Å². The van der Waals surface area contributed by atoms with Crippen LogP contribution < -0.4 is 5.32 Å². The topological polar surface area (TPSA) is 89.5 Å². The number of carbonyl (C=O) groups excluding carboxylic acids is 4. The van der Waals surface area contributed by atoms with Crippen LogP contribution in [0.1, 0.15) is 63.6 Å². The minimum absolute atomic E-state index is 0.0567. The van der Waals surface area contributed by atoms with Crippen LogP contribution >= 0.6 is 0 Å². The summed E-state index contributed by atoms with van der Waals surface area (Å²) in [5.74, 6) is -1.74. The van der Waals surface area contributed by atoms with Gasteiger partial charge in [0.05, 0.1) is 17.7 Å². The molecule has 0 fully saturated rings. The summed E-state index contributed by atoms with van der Waals surface area (Å²) in [6.07, 6.45) is -0.940. The van der Waals surface area contributed by atoms with E-state index in [0.29, 0.717) is 11.1 Å². The molecule has 1 aliphatic rings.